The van der Waals surface area contributed by atoms with Crippen LogP contribution in [0.4, 0.5) is 5.13 Å². The molecule has 1 saturated heterocycles. The van der Waals surface area contributed by atoms with E-state index in [1.165, 1.54) is 39.2 Å². The van der Waals surface area contributed by atoms with Gasteiger partial charge in [0.05, 0.1) is 19.2 Å². The molecule has 2 rings (SSSR count). The molecule has 0 bridgehead atoms. The number of hydrogen-bond acceptors (Lipinski definition) is 5. The second-order valence-corrected chi connectivity index (χ2v) is 6.61. The molecule has 1 aliphatic rings. The molecule has 0 spiro atoms. The summed E-state index contributed by atoms with van der Waals surface area (Å²) in [6.45, 7) is 4.51. The summed E-state index contributed by atoms with van der Waals surface area (Å²) >= 11 is 1.70. The Labute approximate surface area is 131 Å². The minimum absolute atomic E-state index is 0.165. The molecule has 4 nitrogen and oxygen atoms in total. The maximum Gasteiger partial charge on any atom is 0.305 e. The van der Waals surface area contributed by atoms with Gasteiger partial charge in [0.15, 0.2) is 5.13 Å². The van der Waals surface area contributed by atoms with Gasteiger partial charge in [-0.2, -0.15) is 0 Å². The fourth-order valence-corrected chi connectivity index (χ4v) is 3.86. The molecule has 21 heavy (non-hydrogen) atoms. The first-order valence-corrected chi connectivity index (χ1v) is 8.87. The van der Waals surface area contributed by atoms with Crippen LogP contribution in [0.15, 0.2) is 5.38 Å². The summed E-state index contributed by atoms with van der Waals surface area (Å²) in [5.41, 5.74) is 1.01. The molecule has 1 unspecified atom stereocenters. The lowest BCUT2D eigenvalue weighted by Gasteiger charge is -2.19. The summed E-state index contributed by atoms with van der Waals surface area (Å²) in [4.78, 5) is 18.3. The molecule has 2 heterocycles. The molecule has 0 aliphatic carbocycles. The van der Waals surface area contributed by atoms with E-state index in [9.17, 15) is 4.79 Å². The number of methoxy groups -OCH3 is 1. The molecular weight excluding hydrogens is 284 g/mol. The molecule has 0 amide bonds. The Morgan fingerprint density at radius 3 is 3.10 bits per heavy atom. The van der Waals surface area contributed by atoms with Crippen molar-refractivity contribution in [3.63, 3.8) is 0 Å². The average molecular weight is 310 g/mol. The highest BCUT2D eigenvalue weighted by atomic mass is 32.1. The lowest BCUT2D eigenvalue weighted by atomic mass is 9.96. The topological polar surface area (TPSA) is 42.4 Å². The van der Waals surface area contributed by atoms with E-state index in [2.05, 4.69) is 26.9 Å². The van der Waals surface area contributed by atoms with Gasteiger partial charge in [-0.3, -0.25) is 4.79 Å². The molecule has 5 heteroatoms. The lowest BCUT2D eigenvalue weighted by Crippen LogP contribution is -2.24. The predicted octanol–water partition coefficient (Wildman–Crippen LogP) is 3.66. The van der Waals surface area contributed by atoms with E-state index >= 15 is 0 Å². The number of carbonyl (C=O) groups is 1. The zero-order valence-electron chi connectivity index (χ0n) is 13.1. The molecule has 1 fully saturated rings. The number of hydrogen-bond donors (Lipinski definition) is 0. The normalized spacial score (nSPS) is 19.3. The third-order valence-electron chi connectivity index (χ3n) is 4.17. The van der Waals surface area contributed by atoms with Crippen molar-refractivity contribution in [2.24, 2.45) is 5.92 Å². The minimum atomic E-state index is -0.165. The maximum absolute atomic E-state index is 11.2. The first-order chi connectivity index (χ1) is 10.2. The van der Waals surface area contributed by atoms with Crippen LogP contribution in [-0.4, -0.2) is 31.2 Å². The van der Waals surface area contributed by atoms with E-state index in [1.54, 1.807) is 11.3 Å². The van der Waals surface area contributed by atoms with Gasteiger partial charge in [0.2, 0.25) is 0 Å². The van der Waals surface area contributed by atoms with E-state index < -0.39 is 0 Å². The van der Waals surface area contributed by atoms with Gasteiger partial charge in [-0.1, -0.05) is 19.8 Å². The Morgan fingerprint density at radius 1 is 1.48 bits per heavy atom. The Morgan fingerprint density at radius 2 is 2.33 bits per heavy atom. The van der Waals surface area contributed by atoms with Crippen molar-refractivity contribution < 1.29 is 9.53 Å². The number of carbonyl (C=O) groups excluding carboxylic acids is 1. The third kappa shape index (κ3) is 4.99. The van der Waals surface area contributed by atoms with Gasteiger partial charge >= 0.3 is 5.97 Å². The number of anilines is 1. The summed E-state index contributed by atoms with van der Waals surface area (Å²) in [7, 11) is 1.43. The van der Waals surface area contributed by atoms with E-state index in [1.807, 2.05) is 0 Å². The van der Waals surface area contributed by atoms with Crippen molar-refractivity contribution in [1.82, 2.24) is 4.98 Å². The molecular formula is C16H26N2O2S. The van der Waals surface area contributed by atoms with E-state index in [0.29, 0.717) is 12.8 Å². The van der Waals surface area contributed by atoms with Crippen LogP contribution in [0, 0.1) is 5.92 Å². The summed E-state index contributed by atoms with van der Waals surface area (Å²) in [6, 6.07) is 0. The number of aromatic nitrogens is 1. The quantitative estimate of drug-likeness (QED) is 0.752. The number of nitrogens with zero attached hydrogens (tertiary/aromatic N) is 2. The molecule has 0 radical (unpaired) electrons. The highest BCUT2D eigenvalue weighted by Crippen LogP contribution is 2.27. The molecule has 0 N–H and O–H groups in total. The van der Waals surface area contributed by atoms with E-state index in [-0.39, 0.29) is 5.97 Å². The zero-order chi connectivity index (χ0) is 15.1. The predicted molar refractivity (Wildman–Crippen MR) is 86.9 cm³/mol. The highest BCUT2D eigenvalue weighted by Gasteiger charge is 2.18. The summed E-state index contributed by atoms with van der Waals surface area (Å²) in [6.07, 6.45) is 7.64. The third-order valence-corrected chi connectivity index (χ3v) is 5.12. The summed E-state index contributed by atoms with van der Waals surface area (Å²) in [5.74, 6) is 0.723. The van der Waals surface area contributed by atoms with Gasteiger partial charge in [0.25, 0.3) is 0 Å². The first-order valence-electron chi connectivity index (χ1n) is 7.99. The number of aryl methyl sites for hydroxylation is 1. The average Bonchev–Trinajstić information content (AvgIpc) is 2.85. The van der Waals surface area contributed by atoms with Gasteiger partial charge in [-0.25, -0.2) is 4.98 Å². The van der Waals surface area contributed by atoms with Crippen LogP contribution in [0.5, 0.6) is 0 Å². The summed E-state index contributed by atoms with van der Waals surface area (Å²) in [5, 5.41) is 3.19. The molecule has 118 valence electrons. The monoisotopic (exact) mass is 310 g/mol. The molecule has 1 aliphatic heterocycles. The largest absolute Gasteiger partial charge is 0.469 e. The van der Waals surface area contributed by atoms with Gasteiger partial charge in [0, 0.05) is 24.9 Å². The van der Waals surface area contributed by atoms with Crippen molar-refractivity contribution in [2.75, 3.05) is 25.1 Å². The van der Waals surface area contributed by atoms with Crippen LogP contribution in [0.25, 0.3) is 0 Å². The van der Waals surface area contributed by atoms with E-state index in [4.69, 9.17) is 0 Å². The summed E-state index contributed by atoms with van der Waals surface area (Å²) < 4.78 is 4.67. The smallest absolute Gasteiger partial charge is 0.305 e. The van der Waals surface area contributed by atoms with Gasteiger partial charge in [0.1, 0.15) is 0 Å². The SMILES string of the molecule is CCCC1CCCN(c2nc(CCC(=O)OC)cs2)CC1. The van der Waals surface area contributed by atoms with Crippen LogP contribution in [0.2, 0.25) is 0 Å². The van der Waals surface area contributed by atoms with Crippen LogP contribution < -0.4 is 4.90 Å². The fraction of sp³-hybridized carbons (Fsp3) is 0.750. The molecule has 0 saturated carbocycles. The van der Waals surface area contributed by atoms with E-state index in [0.717, 1.165) is 29.8 Å². The van der Waals surface area contributed by atoms with Gasteiger partial charge < -0.3 is 9.64 Å². The van der Waals surface area contributed by atoms with Crippen molar-refractivity contribution >= 4 is 22.4 Å². The van der Waals surface area contributed by atoms with Gasteiger partial charge in [-0.05, 0) is 25.2 Å². The van der Waals surface area contributed by atoms with Crippen LogP contribution in [0.1, 0.15) is 51.1 Å². The zero-order valence-corrected chi connectivity index (χ0v) is 14.0. The molecule has 0 aromatic carbocycles. The first kappa shape index (κ1) is 16.3. The Bertz CT molecular complexity index is 447. The second-order valence-electron chi connectivity index (χ2n) is 5.77. The number of esters is 1. The molecule has 1 atom stereocenters. The van der Waals surface area contributed by atoms with Crippen LogP contribution in [0.3, 0.4) is 0 Å². The van der Waals surface area contributed by atoms with Gasteiger partial charge in [-0.15, -0.1) is 11.3 Å². The van der Waals surface area contributed by atoms with Crippen molar-refractivity contribution in [3.8, 4) is 0 Å². The Kier molecular flexibility index (Phi) is 6.49. The lowest BCUT2D eigenvalue weighted by molar-refractivity contribution is -0.140. The molecule has 1 aromatic rings. The van der Waals surface area contributed by atoms with Crippen molar-refractivity contribution in [2.45, 2.75) is 51.9 Å². The Balaban J connectivity index is 1.87. The fourth-order valence-electron chi connectivity index (χ4n) is 2.94. The number of thiazole rings is 1. The minimum Gasteiger partial charge on any atom is -0.469 e. The van der Waals surface area contributed by atoms with Crippen LogP contribution >= 0.6 is 11.3 Å². The second kappa shape index (κ2) is 8.37. The van der Waals surface area contributed by atoms with Crippen molar-refractivity contribution in [3.05, 3.63) is 11.1 Å². The number of ether oxygens (including phenoxy) is 1. The highest BCUT2D eigenvalue weighted by molar-refractivity contribution is 7.13. The maximum atomic E-state index is 11.2. The molecule has 1 aromatic heterocycles. The standard InChI is InChI=1S/C16H26N2O2S/c1-3-5-13-6-4-10-18(11-9-13)16-17-14(12-21-16)7-8-15(19)20-2/h12-13H,3-11H2,1-2H3. The Hall–Kier alpha value is -1.10. The van der Waals surface area contributed by atoms with Crippen molar-refractivity contribution in [1.29, 1.82) is 0 Å². The van der Waals surface area contributed by atoms with Crippen LogP contribution in [-0.2, 0) is 16.0 Å². The number of rotatable bonds is 6.